The molecule has 2 aromatic carbocycles. The molecule has 0 fully saturated rings. The third-order valence-electron chi connectivity index (χ3n) is 2.99. The van der Waals surface area contributed by atoms with Gasteiger partial charge in [-0.1, -0.05) is 41.5 Å². The summed E-state index contributed by atoms with van der Waals surface area (Å²) in [6, 6.07) is 11.9. The van der Waals surface area contributed by atoms with Crippen LogP contribution >= 0.6 is 0 Å². The van der Waals surface area contributed by atoms with Crippen molar-refractivity contribution in [1.29, 1.82) is 0 Å². The van der Waals surface area contributed by atoms with Crippen LogP contribution in [0.2, 0.25) is 0 Å². The number of aryl methyl sites for hydroxylation is 5. The van der Waals surface area contributed by atoms with Gasteiger partial charge in [-0.05, 0) is 57.4 Å². The standard InChI is InChI=1S/C9H11F.C8H10/c1-6-4-8(3)9(10)5-7(6)2;1-7-3-5-8(2)6-4-7/h4-5H,1-3H3;3-6H,1-2H3. The SMILES string of the molecule is Cc1cc(C)c(F)cc1C.Cc1ccc(C)cc1. The number of hydrogen-bond donors (Lipinski definition) is 0. The summed E-state index contributed by atoms with van der Waals surface area (Å²) in [4.78, 5) is 0. The van der Waals surface area contributed by atoms with Crippen molar-refractivity contribution in [2.24, 2.45) is 0 Å². The molecule has 0 heterocycles. The average Bonchev–Trinajstić information content (AvgIpc) is 2.31. The van der Waals surface area contributed by atoms with Gasteiger partial charge in [-0.2, -0.15) is 0 Å². The largest absolute Gasteiger partial charge is 0.207 e. The van der Waals surface area contributed by atoms with E-state index in [9.17, 15) is 4.39 Å². The number of hydrogen-bond acceptors (Lipinski definition) is 0. The van der Waals surface area contributed by atoms with E-state index >= 15 is 0 Å². The van der Waals surface area contributed by atoms with Gasteiger partial charge >= 0.3 is 0 Å². The fourth-order valence-electron chi connectivity index (χ4n) is 1.56. The lowest BCUT2D eigenvalue weighted by atomic mass is 10.1. The van der Waals surface area contributed by atoms with Crippen LogP contribution in [-0.2, 0) is 0 Å². The Morgan fingerprint density at radius 1 is 0.611 bits per heavy atom. The highest BCUT2D eigenvalue weighted by atomic mass is 19.1. The molecule has 0 radical (unpaired) electrons. The highest BCUT2D eigenvalue weighted by Gasteiger charge is 1.98. The molecular weight excluding hydrogens is 223 g/mol. The average molecular weight is 244 g/mol. The second-order valence-electron chi connectivity index (χ2n) is 4.84. The molecule has 1 heteroatoms. The van der Waals surface area contributed by atoms with Crippen LogP contribution in [0, 0.1) is 40.4 Å². The molecule has 96 valence electrons. The van der Waals surface area contributed by atoms with Crippen LogP contribution in [0.5, 0.6) is 0 Å². The molecule has 0 spiro atoms. The molecule has 0 nitrogen and oxygen atoms in total. The Labute approximate surface area is 109 Å². The van der Waals surface area contributed by atoms with Gasteiger partial charge in [0.2, 0.25) is 0 Å². The summed E-state index contributed by atoms with van der Waals surface area (Å²) in [6.45, 7) is 9.88. The van der Waals surface area contributed by atoms with Gasteiger partial charge in [0, 0.05) is 0 Å². The lowest BCUT2D eigenvalue weighted by Gasteiger charge is -2.01. The van der Waals surface area contributed by atoms with Crippen molar-refractivity contribution < 1.29 is 4.39 Å². The minimum atomic E-state index is -0.108. The molecule has 2 aromatic rings. The molecule has 0 saturated heterocycles. The van der Waals surface area contributed by atoms with Crippen molar-refractivity contribution in [3.8, 4) is 0 Å². The molecular formula is C17H21F. The second kappa shape index (κ2) is 6.34. The van der Waals surface area contributed by atoms with Crippen molar-refractivity contribution >= 4 is 0 Å². The summed E-state index contributed by atoms with van der Waals surface area (Å²) in [7, 11) is 0. The monoisotopic (exact) mass is 244 g/mol. The summed E-state index contributed by atoms with van der Waals surface area (Å²) in [5.74, 6) is -0.108. The third kappa shape index (κ3) is 4.33. The minimum Gasteiger partial charge on any atom is -0.207 e. The topological polar surface area (TPSA) is 0 Å². The van der Waals surface area contributed by atoms with Crippen LogP contribution in [0.3, 0.4) is 0 Å². The van der Waals surface area contributed by atoms with Crippen LogP contribution in [0.1, 0.15) is 27.8 Å². The Morgan fingerprint density at radius 2 is 1.00 bits per heavy atom. The number of benzene rings is 2. The van der Waals surface area contributed by atoms with Gasteiger partial charge in [0.1, 0.15) is 5.82 Å². The van der Waals surface area contributed by atoms with E-state index in [0.717, 1.165) is 16.7 Å². The second-order valence-corrected chi connectivity index (χ2v) is 4.84. The first-order valence-corrected chi connectivity index (χ1v) is 6.17. The molecule has 0 aliphatic heterocycles. The predicted molar refractivity (Wildman–Crippen MR) is 76.5 cm³/mol. The van der Waals surface area contributed by atoms with Gasteiger partial charge in [-0.3, -0.25) is 0 Å². The minimum absolute atomic E-state index is 0.108. The van der Waals surface area contributed by atoms with Gasteiger partial charge in [0.05, 0.1) is 0 Å². The maximum atomic E-state index is 12.8. The maximum absolute atomic E-state index is 12.8. The van der Waals surface area contributed by atoms with Crippen molar-refractivity contribution in [2.75, 3.05) is 0 Å². The molecule has 0 bridgehead atoms. The predicted octanol–water partition coefficient (Wildman–Crippen LogP) is 5.05. The molecule has 0 aliphatic rings. The highest BCUT2D eigenvalue weighted by Crippen LogP contribution is 2.12. The van der Waals surface area contributed by atoms with Gasteiger partial charge in [0.25, 0.3) is 0 Å². The summed E-state index contributed by atoms with van der Waals surface area (Å²) in [6.07, 6.45) is 0. The van der Waals surface area contributed by atoms with Crippen LogP contribution < -0.4 is 0 Å². The van der Waals surface area contributed by atoms with Crippen molar-refractivity contribution in [1.82, 2.24) is 0 Å². The molecule has 0 N–H and O–H groups in total. The van der Waals surface area contributed by atoms with E-state index in [4.69, 9.17) is 0 Å². The summed E-state index contributed by atoms with van der Waals surface area (Å²) < 4.78 is 12.8. The zero-order chi connectivity index (χ0) is 13.7. The summed E-state index contributed by atoms with van der Waals surface area (Å²) in [5, 5.41) is 0. The van der Waals surface area contributed by atoms with Crippen LogP contribution in [0.15, 0.2) is 36.4 Å². The Balaban J connectivity index is 0.000000184. The first kappa shape index (κ1) is 14.4. The quantitative estimate of drug-likeness (QED) is 0.608. The molecule has 0 aliphatic carbocycles. The third-order valence-corrected chi connectivity index (χ3v) is 2.99. The zero-order valence-corrected chi connectivity index (χ0v) is 11.8. The Morgan fingerprint density at radius 3 is 1.39 bits per heavy atom. The molecule has 0 amide bonds. The van der Waals surface area contributed by atoms with Gasteiger partial charge in [0.15, 0.2) is 0 Å². The van der Waals surface area contributed by atoms with Gasteiger partial charge in [-0.15, -0.1) is 0 Å². The van der Waals surface area contributed by atoms with E-state index in [0.29, 0.717) is 0 Å². The Bertz CT molecular complexity index is 439. The zero-order valence-electron chi connectivity index (χ0n) is 11.8. The van der Waals surface area contributed by atoms with E-state index in [-0.39, 0.29) is 5.82 Å². The molecule has 0 unspecified atom stereocenters. The smallest absolute Gasteiger partial charge is 0.126 e. The van der Waals surface area contributed by atoms with Crippen molar-refractivity contribution in [3.63, 3.8) is 0 Å². The van der Waals surface area contributed by atoms with E-state index in [2.05, 4.69) is 38.1 Å². The van der Waals surface area contributed by atoms with Crippen molar-refractivity contribution in [2.45, 2.75) is 34.6 Å². The fourth-order valence-corrected chi connectivity index (χ4v) is 1.56. The molecule has 2 rings (SSSR count). The van der Waals surface area contributed by atoms with E-state index in [1.54, 1.807) is 13.0 Å². The molecule has 0 atom stereocenters. The van der Waals surface area contributed by atoms with E-state index in [1.165, 1.54) is 11.1 Å². The maximum Gasteiger partial charge on any atom is 0.126 e. The van der Waals surface area contributed by atoms with Crippen LogP contribution in [0.4, 0.5) is 4.39 Å². The number of rotatable bonds is 0. The molecule has 0 saturated carbocycles. The van der Waals surface area contributed by atoms with Gasteiger partial charge in [-0.25, -0.2) is 4.39 Å². The van der Waals surface area contributed by atoms with Crippen LogP contribution in [0.25, 0.3) is 0 Å². The normalized spacial score (nSPS) is 9.67. The Kier molecular flexibility index (Phi) is 5.08. The van der Waals surface area contributed by atoms with Gasteiger partial charge < -0.3 is 0 Å². The summed E-state index contributed by atoms with van der Waals surface area (Å²) >= 11 is 0. The fraction of sp³-hybridized carbons (Fsp3) is 0.294. The lowest BCUT2D eigenvalue weighted by molar-refractivity contribution is 0.616. The van der Waals surface area contributed by atoms with Crippen molar-refractivity contribution in [3.05, 3.63) is 70.0 Å². The van der Waals surface area contributed by atoms with E-state index < -0.39 is 0 Å². The first-order valence-electron chi connectivity index (χ1n) is 6.17. The first-order chi connectivity index (χ1) is 8.40. The van der Waals surface area contributed by atoms with Crippen LogP contribution in [-0.4, -0.2) is 0 Å². The Hall–Kier alpha value is -1.63. The molecule has 18 heavy (non-hydrogen) atoms. The lowest BCUT2D eigenvalue weighted by Crippen LogP contribution is -1.87. The molecule has 0 aromatic heterocycles. The number of halogens is 1. The summed E-state index contributed by atoms with van der Waals surface area (Å²) in [5.41, 5.74) is 5.55. The highest BCUT2D eigenvalue weighted by molar-refractivity contribution is 5.30. The van der Waals surface area contributed by atoms with E-state index in [1.807, 2.05) is 19.9 Å².